The van der Waals surface area contributed by atoms with Crippen LogP contribution in [-0.2, 0) is 4.79 Å². The van der Waals surface area contributed by atoms with E-state index in [4.69, 9.17) is 16.3 Å². The summed E-state index contributed by atoms with van der Waals surface area (Å²) < 4.78 is 5.52. The Balaban J connectivity index is 1.60. The first kappa shape index (κ1) is 17.1. The molecule has 0 bridgehead atoms. The summed E-state index contributed by atoms with van der Waals surface area (Å²) in [4.78, 5) is 14.3. The number of ether oxygens (including phenoxy) is 1. The molecule has 1 atom stereocenters. The predicted octanol–water partition coefficient (Wildman–Crippen LogP) is 2.96. The average Bonchev–Trinajstić information content (AvgIpc) is 2.94. The summed E-state index contributed by atoms with van der Waals surface area (Å²) in [7, 11) is 0. The number of hydrogen-bond donors (Lipinski definition) is 1. The molecule has 0 unspecified atom stereocenters. The second-order valence-electron chi connectivity index (χ2n) is 6.10. The summed E-state index contributed by atoms with van der Waals surface area (Å²) in [6, 6.07) is 7.80. The van der Waals surface area contributed by atoms with Crippen molar-refractivity contribution >= 4 is 17.5 Å². The molecule has 0 radical (unpaired) electrons. The largest absolute Gasteiger partial charge is 0.493 e. The van der Waals surface area contributed by atoms with Gasteiger partial charge in [-0.2, -0.15) is 0 Å². The fourth-order valence-corrected chi connectivity index (χ4v) is 2.84. The Kier molecular flexibility index (Phi) is 6.52. The van der Waals surface area contributed by atoms with Gasteiger partial charge in [0.25, 0.3) is 0 Å². The first-order valence-electron chi connectivity index (χ1n) is 7.93. The van der Waals surface area contributed by atoms with Gasteiger partial charge in [0, 0.05) is 24.2 Å². The number of hydrogen-bond acceptors (Lipinski definition) is 3. The topological polar surface area (TPSA) is 41.6 Å². The van der Waals surface area contributed by atoms with Crippen LogP contribution < -0.4 is 10.1 Å². The second kappa shape index (κ2) is 8.39. The normalized spacial score (nSPS) is 18.6. The molecule has 1 saturated heterocycles. The number of carbonyl (C=O) groups excluding carboxylic acids is 1. The highest BCUT2D eigenvalue weighted by Crippen LogP contribution is 2.18. The first-order chi connectivity index (χ1) is 10.5. The van der Waals surface area contributed by atoms with Crippen molar-refractivity contribution in [3.05, 3.63) is 29.3 Å². The van der Waals surface area contributed by atoms with E-state index in [9.17, 15) is 4.79 Å². The number of nitrogens with one attached hydrogen (secondary N) is 1. The lowest BCUT2D eigenvalue weighted by Crippen LogP contribution is -2.33. The molecule has 1 aromatic rings. The Bertz CT molecular complexity index is 493. The van der Waals surface area contributed by atoms with Crippen LogP contribution in [0.25, 0.3) is 0 Å². The van der Waals surface area contributed by atoms with Crippen molar-refractivity contribution in [3.63, 3.8) is 0 Å². The van der Waals surface area contributed by atoms with Crippen LogP contribution >= 0.6 is 11.6 Å². The molecule has 1 heterocycles. The highest BCUT2D eigenvalue weighted by atomic mass is 35.5. The quantitative estimate of drug-likeness (QED) is 0.838. The van der Waals surface area contributed by atoms with Gasteiger partial charge in [0.15, 0.2) is 0 Å². The molecule has 1 aliphatic heterocycles. The van der Waals surface area contributed by atoms with Crippen molar-refractivity contribution < 1.29 is 9.53 Å². The third-order valence-corrected chi connectivity index (χ3v) is 4.26. The molecule has 2 rings (SSSR count). The zero-order valence-corrected chi connectivity index (χ0v) is 14.1. The maximum absolute atomic E-state index is 11.8. The maximum atomic E-state index is 11.8. The summed E-state index contributed by atoms with van der Waals surface area (Å²) >= 11 is 5.88. The van der Waals surface area contributed by atoms with Crippen LogP contribution in [0.15, 0.2) is 24.3 Å². The van der Waals surface area contributed by atoms with Crippen LogP contribution in [0.3, 0.4) is 0 Å². The molecule has 1 fully saturated rings. The third kappa shape index (κ3) is 5.50. The number of carbonyl (C=O) groups is 1. The zero-order valence-electron chi connectivity index (χ0n) is 13.3. The average molecular weight is 325 g/mol. The number of nitrogens with zero attached hydrogens (tertiary/aromatic N) is 1. The Morgan fingerprint density at radius 1 is 1.50 bits per heavy atom. The minimum atomic E-state index is 0.0463. The molecule has 22 heavy (non-hydrogen) atoms. The highest BCUT2D eigenvalue weighted by Gasteiger charge is 2.24. The van der Waals surface area contributed by atoms with Gasteiger partial charge in [0.1, 0.15) is 5.75 Å². The third-order valence-electron chi connectivity index (χ3n) is 4.03. The van der Waals surface area contributed by atoms with Gasteiger partial charge < -0.3 is 15.0 Å². The second-order valence-corrected chi connectivity index (χ2v) is 6.54. The van der Waals surface area contributed by atoms with E-state index in [1.165, 1.54) is 0 Å². The van der Waals surface area contributed by atoms with Crippen molar-refractivity contribution in [2.75, 3.05) is 26.2 Å². The van der Waals surface area contributed by atoms with Crippen molar-refractivity contribution in [2.24, 2.45) is 5.92 Å². The smallest absolute Gasteiger partial charge is 0.223 e. The van der Waals surface area contributed by atoms with Gasteiger partial charge in [0.2, 0.25) is 5.91 Å². The van der Waals surface area contributed by atoms with E-state index in [0.717, 1.165) is 26.1 Å². The first-order valence-corrected chi connectivity index (χ1v) is 8.31. The Morgan fingerprint density at radius 3 is 3.00 bits per heavy atom. The molecular weight excluding hydrogens is 300 g/mol. The highest BCUT2D eigenvalue weighted by molar-refractivity contribution is 6.30. The number of benzene rings is 1. The van der Waals surface area contributed by atoms with Gasteiger partial charge in [-0.3, -0.25) is 4.79 Å². The van der Waals surface area contributed by atoms with Crippen LogP contribution in [0.4, 0.5) is 0 Å². The lowest BCUT2D eigenvalue weighted by molar-refractivity contribution is -0.121. The Hall–Kier alpha value is -1.26. The number of halogens is 1. The SMILES string of the molecule is CC(C)N1CC[C@H](CNC(=O)CCOc2cccc(Cl)c2)C1. The van der Waals surface area contributed by atoms with Gasteiger partial charge in [-0.15, -0.1) is 0 Å². The molecule has 1 aliphatic rings. The Morgan fingerprint density at radius 2 is 2.32 bits per heavy atom. The molecule has 0 spiro atoms. The van der Waals surface area contributed by atoms with Crippen molar-refractivity contribution in [1.29, 1.82) is 0 Å². The van der Waals surface area contributed by atoms with Crippen LogP contribution in [0.2, 0.25) is 5.02 Å². The van der Waals surface area contributed by atoms with E-state index in [-0.39, 0.29) is 5.91 Å². The lowest BCUT2D eigenvalue weighted by Gasteiger charge is -2.20. The molecule has 1 amide bonds. The van der Waals surface area contributed by atoms with Gasteiger partial charge >= 0.3 is 0 Å². The van der Waals surface area contributed by atoms with E-state index >= 15 is 0 Å². The molecule has 1 aromatic carbocycles. The van der Waals surface area contributed by atoms with Crippen LogP contribution in [0, 0.1) is 5.92 Å². The molecule has 0 saturated carbocycles. The molecule has 5 heteroatoms. The molecule has 4 nitrogen and oxygen atoms in total. The number of likely N-dealkylation sites (tertiary alicyclic amines) is 1. The predicted molar refractivity (Wildman–Crippen MR) is 89.4 cm³/mol. The number of rotatable bonds is 7. The summed E-state index contributed by atoms with van der Waals surface area (Å²) in [6.07, 6.45) is 1.53. The van der Waals surface area contributed by atoms with Gasteiger partial charge in [-0.05, 0) is 50.9 Å². The maximum Gasteiger partial charge on any atom is 0.223 e. The van der Waals surface area contributed by atoms with E-state index in [0.29, 0.717) is 35.8 Å². The van der Waals surface area contributed by atoms with E-state index in [1.54, 1.807) is 12.1 Å². The summed E-state index contributed by atoms with van der Waals surface area (Å²) in [6.45, 7) is 7.78. The molecular formula is C17H25ClN2O2. The van der Waals surface area contributed by atoms with E-state index in [1.807, 2.05) is 12.1 Å². The standard InChI is InChI=1S/C17H25ClN2O2/c1-13(2)20-8-6-14(12-20)11-19-17(21)7-9-22-16-5-3-4-15(18)10-16/h3-5,10,13-14H,6-9,11-12H2,1-2H3,(H,19,21)/t14-/m1/s1. The van der Waals surface area contributed by atoms with E-state index in [2.05, 4.69) is 24.1 Å². The minimum absolute atomic E-state index is 0.0463. The van der Waals surface area contributed by atoms with Gasteiger partial charge in [-0.25, -0.2) is 0 Å². The molecule has 122 valence electrons. The fourth-order valence-electron chi connectivity index (χ4n) is 2.66. The van der Waals surface area contributed by atoms with Gasteiger partial charge in [-0.1, -0.05) is 17.7 Å². The summed E-state index contributed by atoms with van der Waals surface area (Å²) in [5.41, 5.74) is 0. The Labute approximate surface area is 137 Å². The molecule has 0 aliphatic carbocycles. The van der Waals surface area contributed by atoms with Crippen LogP contribution in [0.5, 0.6) is 5.75 Å². The van der Waals surface area contributed by atoms with Gasteiger partial charge in [0.05, 0.1) is 13.0 Å². The minimum Gasteiger partial charge on any atom is -0.493 e. The number of amides is 1. The van der Waals surface area contributed by atoms with Crippen molar-refractivity contribution in [3.8, 4) is 5.75 Å². The zero-order chi connectivity index (χ0) is 15.9. The van der Waals surface area contributed by atoms with Crippen LogP contribution in [0.1, 0.15) is 26.7 Å². The summed E-state index contributed by atoms with van der Waals surface area (Å²) in [5.74, 6) is 1.31. The molecule has 0 aromatic heterocycles. The monoisotopic (exact) mass is 324 g/mol. The lowest BCUT2D eigenvalue weighted by atomic mass is 10.1. The van der Waals surface area contributed by atoms with Crippen molar-refractivity contribution in [2.45, 2.75) is 32.7 Å². The summed E-state index contributed by atoms with van der Waals surface area (Å²) in [5, 5.41) is 3.65. The molecule has 1 N–H and O–H groups in total. The fraction of sp³-hybridized carbons (Fsp3) is 0.588. The van der Waals surface area contributed by atoms with Crippen molar-refractivity contribution in [1.82, 2.24) is 10.2 Å². The van der Waals surface area contributed by atoms with Crippen LogP contribution in [-0.4, -0.2) is 43.1 Å². The van der Waals surface area contributed by atoms with E-state index < -0.39 is 0 Å².